The SMILES string of the molecule is S[n+]1c[nH]c2ccccc21. The topological polar surface area (TPSA) is 19.7 Å². The van der Waals surface area contributed by atoms with Gasteiger partial charge in [0.05, 0.1) is 0 Å². The average molecular weight is 151 g/mol. The molecule has 10 heavy (non-hydrogen) atoms. The summed E-state index contributed by atoms with van der Waals surface area (Å²) in [5, 5.41) is 0. The van der Waals surface area contributed by atoms with Gasteiger partial charge in [0.1, 0.15) is 0 Å². The van der Waals surface area contributed by atoms with Gasteiger partial charge in [0, 0.05) is 12.8 Å². The van der Waals surface area contributed by atoms with Crippen molar-refractivity contribution in [3.05, 3.63) is 30.6 Å². The van der Waals surface area contributed by atoms with E-state index in [1.165, 1.54) is 0 Å². The van der Waals surface area contributed by atoms with Crippen LogP contribution >= 0.6 is 12.8 Å². The second kappa shape index (κ2) is 2.02. The Labute approximate surface area is 64.0 Å². The van der Waals surface area contributed by atoms with Crippen molar-refractivity contribution in [2.75, 3.05) is 0 Å². The van der Waals surface area contributed by atoms with Gasteiger partial charge < -0.3 is 0 Å². The molecule has 0 aliphatic carbocycles. The van der Waals surface area contributed by atoms with E-state index in [-0.39, 0.29) is 0 Å². The third-order valence-electron chi connectivity index (χ3n) is 1.49. The summed E-state index contributed by atoms with van der Waals surface area (Å²) in [5.74, 6) is 0. The Hall–Kier alpha value is -0.960. The molecule has 2 nitrogen and oxygen atoms in total. The van der Waals surface area contributed by atoms with E-state index < -0.39 is 0 Å². The number of H-pyrrole nitrogens is 1. The molecule has 1 N–H and O–H groups in total. The Morgan fingerprint density at radius 1 is 1.30 bits per heavy atom. The smallest absolute Gasteiger partial charge is 0.243 e. The monoisotopic (exact) mass is 151 g/mol. The first kappa shape index (κ1) is 5.80. The van der Waals surface area contributed by atoms with E-state index in [4.69, 9.17) is 0 Å². The maximum absolute atomic E-state index is 4.19. The van der Waals surface area contributed by atoms with Crippen LogP contribution in [0, 0.1) is 0 Å². The highest BCUT2D eigenvalue weighted by atomic mass is 32.1. The van der Waals surface area contributed by atoms with Crippen LogP contribution in [0.3, 0.4) is 0 Å². The molecule has 0 saturated heterocycles. The van der Waals surface area contributed by atoms with Crippen LogP contribution in [0.2, 0.25) is 0 Å². The molecule has 0 atom stereocenters. The molecule has 1 aromatic carbocycles. The van der Waals surface area contributed by atoms with E-state index in [2.05, 4.69) is 17.8 Å². The Balaban J connectivity index is 2.93. The fraction of sp³-hybridized carbons (Fsp3) is 0. The standard InChI is InChI=1S/C7H6N2S/c10-9-5-8-6-3-1-2-4-7(6)9/h1-5,10H/p+1. The predicted octanol–water partition coefficient (Wildman–Crippen LogP) is 1.15. The van der Waals surface area contributed by atoms with Crippen LogP contribution in [0.15, 0.2) is 30.6 Å². The molecule has 2 aromatic rings. The number of hydrogen-bond acceptors (Lipinski definition) is 1. The Morgan fingerprint density at radius 3 is 2.90 bits per heavy atom. The van der Waals surface area contributed by atoms with Gasteiger partial charge in [0.25, 0.3) is 6.33 Å². The molecular formula is C7H7N2S+. The van der Waals surface area contributed by atoms with Crippen molar-refractivity contribution in [3.8, 4) is 0 Å². The van der Waals surface area contributed by atoms with Crippen molar-refractivity contribution in [1.82, 2.24) is 4.98 Å². The molecular weight excluding hydrogens is 144 g/mol. The summed E-state index contributed by atoms with van der Waals surface area (Å²) in [6.45, 7) is 0. The van der Waals surface area contributed by atoms with Crippen molar-refractivity contribution in [2.45, 2.75) is 0 Å². The minimum Gasteiger partial charge on any atom is -0.243 e. The summed E-state index contributed by atoms with van der Waals surface area (Å²) in [6.07, 6.45) is 1.81. The predicted molar refractivity (Wildman–Crippen MR) is 42.9 cm³/mol. The Bertz CT molecular complexity index is 353. The van der Waals surface area contributed by atoms with Gasteiger partial charge in [-0.1, -0.05) is 12.1 Å². The summed E-state index contributed by atoms with van der Waals surface area (Å²) >= 11 is 4.19. The van der Waals surface area contributed by atoms with Crippen LogP contribution < -0.4 is 3.97 Å². The summed E-state index contributed by atoms with van der Waals surface area (Å²) in [7, 11) is 0. The molecule has 0 radical (unpaired) electrons. The molecule has 0 unspecified atom stereocenters. The zero-order valence-electron chi connectivity index (χ0n) is 5.28. The molecule has 3 heteroatoms. The zero-order chi connectivity index (χ0) is 6.97. The summed E-state index contributed by atoms with van der Waals surface area (Å²) < 4.78 is 1.76. The first-order chi connectivity index (χ1) is 4.88. The lowest BCUT2D eigenvalue weighted by Crippen LogP contribution is -2.15. The Morgan fingerprint density at radius 2 is 2.10 bits per heavy atom. The van der Waals surface area contributed by atoms with Gasteiger partial charge in [-0.05, 0) is 12.1 Å². The van der Waals surface area contributed by atoms with Crippen LogP contribution in [0.5, 0.6) is 0 Å². The average Bonchev–Trinajstić information content (AvgIpc) is 2.34. The van der Waals surface area contributed by atoms with Gasteiger partial charge in [-0.15, -0.1) is 0 Å². The van der Waals surface area contributed by atoms with Crippen LogP contribution in [-0.4, -0.2) is 4.98 Å². The fourth-order valence-electron chi connectivity index (χ4n) is 0.996. The summed E-state index contributed by atoms with van der Waals surface area (Å²) in [6, 6.07) is 8.01. The number of para-hydroxylation sites is 2. The first-order valence-corrected chi connectivity index (χ1v) is 3.45. The summed E-state index contributed by atoms with van der Waals surface area (Å²) in [5.41, 5.74) is 2.21. The molecule has 0 amide bonds. The second-order valence-electron chi connectivity index (χ2n) is 2.14. The van der Waals surface area contributed by atoms with Gasteiger partial charge in [-0.2, -0.15) is 3.97 Å². The lowest BCUT2D eigenvalue weighted by Gasteiger charge is -1.81. The molecule has 50 valence electrons. The Kier molecular flexibility index (Phi) is 1.17. The van der Waals surface area contributed by atoms with E-state index >= 15 is 0 Å². The maximum atomic E-state index is 4.19. The number of rotatable bonds is 0. The van der Waals surface area contributed by atoms with E-state index in [1.54, 1.807) is 3.97 Å². The zero-order valence-corrected chi connectivity index (χ0v) is 6.18. The number of benzene rings is 1. The van der Waals surface area contributed by atoms with Crippen molar-refractivity contribution in [1.29, 1.82) is 0 Å². The quantitative estimate of drug-likeness (QED) is 0.416. The van der Waals surface area contributed by atoms with E-state index in [0.29, 0.717) is 0 Å². The molecule has 0 fully saturated rings. The molecule has 2 rings (SSSR count). The second-order valence-corrected chi connectivity index (χ2v) is 2.57. The third-order valence-corrected chi connectivity index (χ3v) is 1.82. The van der Waals surface area contributed by atoms with Crippen LogP contribution in [-0.2, 0) is 0 Å². The lowest BCUT2D eigenvalue weighted by atomic mass is 10.3. The van der Waals surface area contributed by atoms with Gasteiger partial charge in [0.2, 0.25) is 0 Å². The van der Waals surface area contributed by atoms with E-state index in [1.807, 2.05) is 30.6 Å². The van der Waals surface area contributed by atoms with Crippen molar-refractivity contribution < 1.29 is 3.97 Å². The van der Waals surface area contributed by atoms with E-state index in [9.17, 15) is 0 Å². The molecule has 1 aromatic heterocycles. The summed E-state index contributed by atoms with van der Waals surface area (Å²) in [4.78, 5) is 3.07. The number of aromatic nitrogens is 2. The molecule has 0 aliphatic rings. The minimum atomic E-state index is 1.10. The van der Waals surface area contributed by atoms with Crippen LogP contribution in [0.4, 0.5) is 0 Å². The number of nitrogens with one attached hydrogen (secondary N) is 1. The van der Waals surface area contributed by atoms with E-state index in [0.717, 1.165) is 11.0 Å². The molecule has 0 bridgehead atoms. The first-order valence-electron chi connectivity index (χ1n) is 3.05. The van der Waals surface area contributed by atoms with Gasteiger partial charge in [-0.3, -0.25) is 0 Å². The molecule has 0 spiro atoms. The van der Waals surface area contributed by atoms with Crippen molar-refractivity contribution >= 4 is 23.8 Å². The highest BCUT2D eigenvalue weighted by Gasteiger charge is 2.02. The number of thiol groups is 1. The van der Waals surface area contributed by atoms with Gasteiger partial charge >= 0.3 is 0 Å². The van der Waals surface area contributed by atoms with Crippen LogP contribution in [0.1, 0.15) is 0 Å². The van der Waals surface area contributed by atoms with Crippen molar-refractivity contribution in [3.63, 3.8) is 0 Å². The molecule has 1 heterocycles. The molecule has 0 aliphatic heterocycles. The minimum absolute atomic E-state index is 1.10. The fourth-order valence-corrected chi connectivity index (χ4v) is 1.23. The normalized spacial score (nSPS) is 10.5. The van der Waals surface area contributed by atoms with Crippen molar-refractivity contribution in [2.24, 2.45) is 0 Å². The highest BCUT2D eigenvalue weighted by molar-refractivity contribution is 7.73. The lowest BCUT2D eigenvalue weighted by molar-refractivity contribution is -0.457. The number of fused-ring (bicyclic) bond motifs is 1. The number of aromatic amines is 1. The third kappa shape index (κ3) is 0.708. The number of nitrogens with zero attached hydrogens (tertiary/aromatic N) is 1. The largest absolute Gasteiger partial charge is 0.254 e. The number of imidazole rings is 1. The molecule has 0 saturated carbocycles. The maximum Gasteiger partial charge on any atom is 0.254 e. The van der Waals surface area contributed by atoms with Gasteiger partial charge in [-0.25, -0.2) is 4.98 Å². The van der Waals surface area contributed by atoms with Gasteiger partial charge in [0.15, 0.2) is 11.0 Å². The number of hydrogen-bond donors (Lipinski definition) is 2. The van der Waals surface area contributed by atoms with Crippen LogP contribution in [0.25, 0.3) is 11.0 Å². The highest BCUT2D eigenvalue weighted by Crippen LogP contribution is 2.04.